The Morgan fingerprint density at radius 3 is 1.95 bits per heavy atom. The van der Waals surface area contributed by atoms with Gasteiger partial charge in [-0.2, -0.15) is 0 Å². The number of aromatic carboxylic acids is 1. The predicted molar refractivity (Wildman–Crippen MR) is 379 cm³/mol. The van der Waals surface area contributed by atoms with Gasteiger partial charge in [0, 0.05) is 124 Å². The maximum atomic E-state index is 14.4. The Labute approximate surface area is 580 Å². The van der Waals surface area contributed by atoms with Crippen molar-refractivity contribution in [2.75, 3.05) is 87.6 Å². The van der Waals surface area contributed by atoms with Gasteiger partial charge in [0.05, 0.1) is 38.0 Å². The van der Waals surface area contributed by atoms with Gasteiger partial charge in [-0.1, -0.05) is 73.5 Å². The molecule has 0 spiro atoms. The van der Waals surface area contributed by atoms with Crippen molar-refractivity contribution in [1.82, 2.24) is 47.2 Å². The zero-order chi connectivity index (χ0) is 69.7. The van der Waals surface area contributed by atoms with E-state index in [2.05, 4.69) is 52.5 Å². The summed E-state index contributed by atoms with van der Waals surface area (Å²) >= 11 is 5.43. The minimum Gasteiger partial charge on any atom is -0.508 e. The van der Waals surface area contributed by atoms with E-state index in [0.717, 1.165) is 70.5 Å². The minimum absolute atomic E-state index is 0.0154. The number of carbonyl (C=O) groups excluding carboxylic acids is 5. The largest absolute Gasteiger partial charge is 0.508 e. The molecule has 16 N–H and O–H groups in total. The fourth-order valence-corrected chi connectivity index (χ4v) is 15.3. The molecule has 1 saturated heterocycles. The van der Waals surface area contributed by atoms with Crippen molar-refractivity contribution in [3.8, 4) is 28.2 Å². The van der Waals surface area contributed by atoms with Crippen molar-refractivity contribution >= 4 is 146 Å². The van der Waals surface area contributed by atoms with Crippen molar-refractivity contribution < 1.29 is 77.4 Å². The zero-order valence-corrected chi connectivity index (χ0v) is 56.3. The van der Waals surface area contributed by atoms with Crippen LogP contribution in [-0.2, 0) is 60.6 Å². The first kappa shape index (κ1) is 73.3. The van der Waals surface area contributed by atoms with E-state index in [1.54, 1.807) is 48.8 Å². The van der Waals surface area contributed by atoms with Gasteiger partial charge in [-0.15, -0.1) is 0 Å². The van der Waals surface area contributed by atoms with Crippen molar-refractivity contribution in [2.24, 2.45) is 5.73 Å². The average Bonchev–Trinajstić information content (AvgIpc) is 0.894. The van der Waals surface area contributed by atoms with Gasteiger partial charge in [0.25, 0.3) is 0 Å². The second-order valence-electron chi connectivity index (χ2n) is 22.3. The van der Waals surface area contributed by atoms with E-state index in [1.165, 1.54) is 30.3 Å². The molecule has 98 heavy (non-hydrogen) atoms. The number of carboxylic acids is 3. The van der Waals surface area contributed by atoms with Crippen molar-refractivity contribution in [1.29, 1.82) is 0 Å². The molecule has 3 unspecified atom stereocenters. The standard InChI is InChI=1S/C65H71N11O17S5/c66-47-31-95-96-32-51(61(83)72-38(23-35-3-1-5-48-41(35)13-15-67-48)28-71-52(63(86)87)33-97-98-34-53(64(88)89)76-60(82)50(75-59(47)81)24-36-4-2-6-49-42(36)14-16-68-49)74-57(80)30-92-22-20-90-19-21-91-29-56(79)69-17-18-70-65(94)73-37-7-10-43(46(25-37)62(84)85)58-44-11-8-39(77)26-54(44)93-55-27-40(78)9-12-45(55)58/h1-16,25-27,38,47,50-53,67-68,71,77H,17-24,28-34,66H2,(H,69,79)(H,72,83)(H,74,80)(H,75,81)(H,76,82)(H,84,85)(H,86,87)(H,88,89)(H2,70,73,94)/t38?,47-,50?,51-,52?,53-/m0/s1. The van der Waals surface area contributed by atoms with Crippen molar-refractivity contribution in [3.63, 3.8) is 0 Å². The molecule has 1 fully saturated rings. The number of hydrogen-bond acceptors (Lipinski definition) is 21. The van der Waals surface area contributed by atoms with E-state index in [9.17, 15) is 63.6 Å². The van der Waals surface area contributed by atoms with E-state index < -0.39 is 90.3 Å². The van der Waals surface area contributed by atoms with Gasteiger partial charge >= 0.3 is 17.9 Å². The van der Waals surface area contributed by atoms with E-state index in [1.807, 2.05) is 36.4 Å². The number of nitrogens with two attached hydrogens (primary N) is 1. The lowest BCUT2D eigenvalue weighted by Gasteiger charge is -2.26. The number of phenols is 1. The summed E-state index contributed by atoms with van der Waals surface area (Å²) in [5.41, 5.74) is 11.1. The molecule has 1 aliphatic carbocycles. The summed E-state index contributed by atoms with van der Waals surface area (Å²) in [6.07, 6.45) is 3.71. The molecule has 6 aromatic rings. The highest BCUT2D eigenvalue weighted by Gasteiger charge is 2.32. The van der Waals surface area contributed by atoms with Gasteiger partial charge in [0.15, 0.2) is 10.5 Å². The number of thiocarbonyl (C=S) groups is 1. The summed E-state index contributed by atoms with van der Waals surface area (Å²) < 4.78 is 22.5. The maximum Gasteiger partial charge on any atom is 0.336 e. The molecule has 28 nitrogen and oxygen atoms in total. The van der Waals surface area contributed by atoms with Gasteiger partial charge in [-0.25, -0.2) is 9.59 Å². The number of aromatic nitrogens is 2. The van der Waals surface area contributed by atoms with Crippen LogP contribution in [0, 0.1) is 0 Å². The summed E-state index contributed by atoms with van der Waals surface area (Å²) in [5, 5.41) is 65.9. The number of carboxylic acid groups (broad SMARTS) is 3. The monoisotopic (exact) mass is 1440 g/mol. The number of hydrogen-bond donors (Lipinski definition) is 15. The third-order valence-corrected chi connectivity index (χ3v) is 20.4. The molecule has 518 valence electrons. The molecule has 5 amide bonds. The summed E-state index contributed by atoms with van der Waals surface area (Å²) in [6.45, 7) is -0.329. The normalized spacial score (nSPS) is 18.7. The second kappa shape index (κ2) is 36.1. The van der Waals surface area contributed by atoms with Gasteiger partial charge in [-0.05, 0) is 96.0 Å². The lowest BCUT2D eigenvalue weighted by atomic mass is 9.90. The molecular formula is C65H71N11O17S5. The number of benzene rings is 5. The summed E-state index contributed by atoms with van der Waals surface area (Å²) in [4.78, 5) is 124. The van der Waals surface area contributed by atoms with E-state index in [0.29, 0.717) is 33.3 Å². The highest BCUT2D eigenvalue weighted by atomic mass is 33.1. The van der Waals surface area contributed by atoms with Crippen LogP contribution in [-0.4, -0.2) is 201 Å². The number of carbonyl (C=O) groups is 8. The van der Waals surface area contributed by atoms with Gasteiger partial charge in [0.1, 0.15) is 54.5 Å². The number of fused-ring (bicyclic) bond motifs is 4. The first-order valence-corrected chi connectivity index (χ1v) is 36.0. The Kier molecular flexibility index (Phi) is 27.0. The minimum atomic E-state index is -1.42. The van der Waals surface area contributed by atoms with Crippen LogP contribution in [0.5, 0.6) is 5.75 Å². The lowest BCUT2D eigenvalue weighted by molar-refractivity contribution is -0.141. The van der Waals surface area contributed by atoms with Crippen LogP contribution in [0.3, 0.4) is 0 Å². The molecule has 3 aliphatic rings. The number of anilines is 1. The molecule has 4 heterocycles. The quantitative estimate of drug-likeness (QED) is 0.0186. The van der Waals surface area contributed by atoms with Crippen LogP contribution in [0.15, 0.2) is 125 Å². The number of amides is 5. The van der Waals surface area contributed by atoms with Crippen LogP contribution >= 0.6 is 55.4 Å². The van der Waals surface area contributed by atoms with Crippen LogP contribution in [0.4, 0.5) is 5.69 Å². The molecular weight excluding hydrogens is 1370 g/mol. The van der Waals surface area contributed by atoms with E-state index >= 15 is 0 Å². The van der Waals surface area contributed by atoms with Crippen LogP contribution < -0.4 is 53.7 Å². The summed E-state index contributed by atoms with van der Waals surface area (Å²) in [7, 11) is 4.38. The first-order valence-electron chi connectivity index (χ1n) is 30.6. The van der Waals surface area contributed by atoms with Crippen molar-refractivity contribution in [3.05, 3.63) is 142 Å². The topological polar surface area (TPSA) is 429 Å². The Balaban J connectivity index is 0.733. The highest BCUT2D eigenvalue weighted by Crippen LogP contribution is 2.42. The zero-order valence-electron chi connectivity index (χ0n) is 52.3. The molecule has 9 rings (SSSR count). The Morgan fingerprint density at radius 2 is 1.26 bits per heavy atom. The highest BCUT2D eigenvalue weighted by molar-refractivity contribution is 8.77. The van der Waals surface area contributed by atoms with Gasteiger partial charge in [0.2, 0.25) is 29.5 Å². The Hall–Kier alpha value is -8.90. The van der Waals surface area contributed by atoms with E-state index in [-0.39, 0.29) is 122 Å². The molecule has 2 aliphatic heterocycles. The Bertz CT molecular complexity index is 4210. The molecule has 2 aromatic heterocycles. The smallest absolute Gasteiger partial charge is 0.336 e. The third kappa shape index (κ3) is 20.8. The molecule has 6 atom stereocenters. The number of phenolic OH excluding ortho intramolecular Hbond substituents is 1. The molecule has 0 radical (unpaired) electrons. The number of ether oxygens (including phenoxy) is 3. The predicted octanol–water partition coefficient (Wildman–Crippen LogP) is 4.04. The SMILES string of the molecule is N[C@H]1CSSC[C@H](NC(=O)COCCOCCOCC(=O)NCCNC(=S)Nc2ccc(-c3c4ccc(=O)cc-4oc4cc(O)ccc34)c(C(=O)O)c2)C(=O)NC(Cc2cccc3[nH]ccc23)CNC(C(=O)O)CSSC[C@@H](C(=O)O)NC(=O)C(Cc2cccc3[nH]ccc23)NC1=O. The number of H-pyrrole nitrogens is 2. The number of rotatable bonds is 23. The molecule has 0 bridgehead atoms. The number of aromatic amines is 2. The maximum absolute atomic E-state index is 14.4. The molecule has 0 saturated carbocycles. The van der Waals surface area contributed by atoms with Crippen LogP contribution in [0.1, 0.15) is 21.5 Å². The number of nitrogens with one attached hydrogen (secondary N) is 10. The van der Waals surface area contributed by atoms with Crippen molar-refractivity contribution in [2.45, 2.75) is 49.1 Å². The average molecular weight is 1440 g/mol. The van der Waals surface area contributed by atoms with Gasteiger partial charge in [-0.3, -0.25) is 33.6 Å². The summed E-state index contributed by atoms with van der Waals surface area (Å²) in [6, 6.07) is 21.1. The van der Waals surface area contributed by atoms with Crippen LogP contribution in [0.2, 0.25) is 0 Å². The Morgan fingerprint density at radius 1 is 0.622 bits per heavy atom. The second-order valence-corrected chi connectivity index (χ2v) is 27.8. The van der Waals surface area contributed by atoms with E-state index in [4.69, 9.17) is 36.6 Å². The fraction of sp³-hybridized carbons (Fsp3) is 0.323. The number of aromatic hydroxyl groups is 1. The van der Waals surface area contributed by atoms with Gasteiger partial charge < -0.3 is 97.3 Å². The van der Waals surface area contributed by atoms with Crippen LogP contribution in [0.25, 0.3) is 55.2 Å². The molecule has 33 heteroatoms. The fourth-order valence-electron chi connectivity index (χ4n) is 10.5. The first-order chi connectivity index (χ1) is 47.3. The lowest BCUT2D eigenvalue weighted by Crippen LogP contribution is -2.56. The summed E-state index contributed by atoms with van der Waals surface area (Å²) in [5.74, 6) is -7.07. The third-order valence-electron chi connectivity index (χ3n) is 15.3. The molecule has 4 aromatic carbocycles. The number of aliphatic carboxylic acids is 2.